The summed E-state index contributed by atoms with van der Waals surface area (Å²) in [6, 6.07) is 83.3. The Morgan fingerprint density at radius 3 is 1.36 bits per heavy atom. The Hall–Kier alpha value is -8.68. The maximum atomic E-state index is 6.90. The smallest absolute Gasteiger partial charge is 0.143 e. The van der Waals surface area contributed by atoms with E-state index in [1.54, 1.807) is 0 Å². The number of hydrogen-bond acceptors (Lipinski definition) is 6. The van der Waals surface area contributed by atoms with Crippen molar-refractivity contribution >= 4 is 152 Å². The van der Waals surface area contributed by atoms with Crippen molar-refractivity contribution < 1.29 is 8.83 Å². The number of para-hydroxylation sites is 3. The average Bonchev–Trinajstić information content (AvgIpc) is 4.20. The SMILES string of the molecule is c1ccc(N(c2ccc3c(c2)oc2ccccc23)c2cccc3c2sc2ccccc23)c(-c2ccccc2N(c2ccc3c(c2)oc2c4ccccc4ccc32)c2cccc3c2sc2ccccc23)c1. The molecule has 0 saturated carbocycles. The molecule has 4 aromatic heterocycles. The van der Waals surface area contributed by atoms with Gasteiger partial charge in [0.1, 0.15) is 22.3 Å². The third kappa shape index (κ3) is 5.94. The van der Waals surface area contributed by atoms with E-state index in [0.717, 1.165) is 99.9 Å². The molecule has 0 fully saturated rings. The van der Waals surface area contributed by atoms with Crippen LogP contribution in [0.1, 0.15) is 0 Å². The largest absolute Gasteiger partial charge is 0.456 e. The second-order valence-electron chi connectivity index (χ2n) is 17.9. The summed E-state index contributed by atoms with van der Waals surface area (Å²) in [6.45, 7) is 0. The van der Waals surface area contributed by atoms with Gasteiger partial charge in [0.05, 0.1) is 32.1 Å². The summed E-state index contributed by atoms with van der Waals surface area (Å²) in [6.07, 6.45) is 0. The molecule has 4 nitrogen and oxygen atoms in total. The third-order valence-corrected chi connectivity index (χ3v) is 16.5. The van der Waals surface area contributed by atoms with Crippen molar-refractivity contribution in [1.82, 2.24) is 0 Å². The Kier molecular flexibility index (Phi) is 8.66. The summed E-state index contributed by atoms with van der Waals surface area (Å²) in [5, 5.41) is 11.7. The fourth-order valence-corrected chi connectivity index (χ4v) is 13.3. The molecule has 15 aromatic rings. The van der Waals surface area contributed by atoms with Crippen LogP contribution in [0.2, 0.25) is 0 Å². The van der Waals surface area contributed by atoms with Gasteiger partial charge < -0.3 is 18.6 Å². The number of thiophene rings is 2. The van der Waals surface area contributed by atoms with E-state index in [2.05, 4.69) is 234 Å². The highest BCUT2D eigenvalue weighted by atomic mass is 32.1. The van der Waals surface area contributed by atoms with E-state index in [9.17, 15) is 0 Å². The van der Waals surface area contributed by atoms with Crippen molar-refractivity contribution in [3.8, 4) is 11.1 Å². The summed E-state index contributed by atoms with van der Waals surface area (Å²) in [4.78, 5) is 4.89. The Bertz CT molecular complexity index is 4590. The molecule has 0 aliphatic heterocycles. The second-order valence-corrected chi connectivity index (χ2v) is 20.0. The third-order valence-electron chi connectivity index (χ3n) is 14.1. The molecule has 0 amide bonds. The minimum atomic E-state index is 0.846. The molecule has 6 heteroatoms. The van der Waals surface area contributed by atoms with E-state index in [0.29, 0.717) is 0 Å². The second kappa shape index (κ2) is 15.4. The molecule has 0 saturated heterocycles. The fourth-order valence-electron chi connectivity index (χ4n) is 10.9. The zero-order valence-corrected chi connectivity index (χ0v) is 39.1. The summed E-state index contributed by atoms with van der Waals surface area (Å²) >= 11 is 3.68. The highest BCUT2D eigenvalue weighted by Gasteiger charge is 2.27. The molecule has 4 heterocycles. The minimum Gasteiger partial charge on any atom is -0.456 e. The average molecular weight is 931 g/mol. The van der Waals surface area contributed by atoms with Crippen LogP contribution in [-0.2, 0) is 0 Å². The van der Waals surface area contributed by atoms with E-state index in [-0.39, 0.29) is 0 Å². The molecule has 11 aromatic carbocycles. The molecule has 0 spiro atoms. The predicted molar refractivity (Wildman–Crippen MR) is 299 cm³/mol. The first-order valence-corrected chi connectivity index (χ1v) is 25.2. The van der Waals surface area contributed by atoms with Gasteiger partial charge in [0.15, 0.2) is 0 Å². The lowest BCUT2D eigenvalue weighted by Gasteiger charge is -2.31. The number of hydrogen-bond donors (Lipinski definition) is 0. The normalized spacial score (nSPS) is 12.0. The summed E-state index contributed by atoms with van der Waals surface area (Å²) in [7, 11) is 0. The van der Waals surface area contributed by atoms with Crippen molar-refractivity contribution in [1.29, 1.82) is 0 Å². The molecule has 0 radical (unpaired) electrons. The monoisotopic (exact) mass is 930 g/mol. The van der Waals surface area contributed by atoms with Gasteiger partial charge >= 0.3 is 0 Å². The van der Waals surface area contributed by atoms with Crippen molar-refractivity contribution in [2.45, 2.75) is 0 Å². The number of rotatable bonds is 7. The first-order chi connectivity index (χ1) is 34.7. The van der Waals surface area contributed by atoms with Crippen molar-refractivity contribution in [2.24, 2.45) is 0 Å². The molecular weight excluding hydrogens is 893 g/mol. The lowest BCUT2D eigenvalue weighted by atomic mass is 9.98. The van der Waals surface area contributed by atoms with Crippen LogP contribution in [0.3, 0.4) is 0 Å². The van der Waals surface area contributed by atoms with Gasteiger partial charge in [0.2, 0.25) is 0 Å². The zero-order chi connectivity index (χ0) is 45.9. The zero-order valence-electron chi connectivity index (χ0n) is 37.5. The topological polar surface area (TPSA) is 32.8 Å². The summed E-state index contributed by atoms with van der Waals surface area (Å²) < 4.78 is 18.5. The van der Waals surface area contributed by atoms with Crippen LogP contribution in [0.4, 0.5) is 34.1 Å². The Labute approximate surface area is 409 Å². The first kappa shape index (κ1) is 39.3. The van der Waals surface area contributed by atoms with Crippen LogP contribution < -0.4 is 9.80 Å². The number of fused-ring (bicyclic) bond motifs is 14. The van der Waals surface area contributed by atoms with Gasteiger partial charge in [-0.2, -0.15) is 0 Å². The van der Waals surface area contributed by atoms with E-state index < -0.39 is 0 Å². The molecule has 0 aliphatic rings. The van der Waals surface area contributed by atoms with Gasteiger partial charge in [0, 0.05) is 92.5 Å². The molecule has 0 atom stereocenters. The molecule has 0 bridgehead atoms. The van der Waals surface area contributed by atoms with E-state index >= 15 is 0 Å². The number of anilines is 6. The fraction of sp³-hybridized carbons (Fsp3) is 0. The summed E-state index contributed by atoms with van der Waals surface area (Å²) in [5.41, 5.74) is 12.0. The quantitative estimate of drug-likeness (QED) is 0.159. The van der Waals surface area contributed by atoms with Crippen molar-refractivity contribution in [3.05, 3.63) is 231 Å². The lowest BCUT2D eigenvalue weighted by molar-refractivity contribution is 0.669. The van der Waals surface area contributed by atoms with Gasteiger partial charge in [-0.1, -0.05) is 146 Å². The van der Waals surface area contributed by atoms with Crippen LogP contribution in [0, 0.1) is 0 Å². The van der Waals surface area contributed by atoms with Crippen LogP contribution in [0.25, 0.3) is 106 Å². The van der Waals surface area contributed by atoms with Gasteiger partial charge in [0.25, 0.3) is 0 Å². The molecule has 70 heavy (non-hydrogen) atoms. The van der Waals surface area contributed by atoms with E-state index in [1.165, 1.54) is 40.3 Å². The Morgan fingerprint density at radius 1 is 0.286 bits per heavy atom. The van der Waals surface area contributed by atoms with Crippen molar-refractivity contribution in [2.75, 3.05) is 9.80 Å². The van der Waals surface area contributed by atoms with E-state index in [4.69, 9.17) is 8.83 Å². The standard InChI is InChI=1S/C64H38N2O2S2/c1-2-16-42-39(15-1)31-34-50-47-36-33-41(38-59(47)68-62(42)50)66(56-27-14-23-52-49-21-7-12-30-61(49)70-64(52)56)54-25-9-4-18-44(54)43-17-3-8-24-53(43)65(40-32-35-46-45-19-5-10-28-57(45)67-58(46)37-40)55-26-13-22-51-48-20-6-11-29-60(48)69-63(51)55/h1-38H. The number of nitrogens with zero attached hydrogens (tertiary/aromatic N) is 2. The summed E-state index contributed by atoms with van der Waals surface area (Å²) in [5.74, 6) is 0. The molecule has 0 N–H and O–H groups in total. The molecule has 328 valence electrons. The Morgan fingerprint density at radius 2 is 0.729 bits per heavy atom. The molecular formula is C64H38N2O2S2. The first-order valence-electron chi connectivity index (χ1n) is 23.6. The van der Waals surface area contributed by atoms with E-state index in [1.807, 2.05) is 28.7 Å². The molecule has 0 unspecified atom stereocenters. The number of benzene rings is 11. The van der Waals surface area contributed by atoms with Gasteiger partial charge in [-0.05, 0) is 78.2 Å². The van der Waals surface area contributed by atoms with Crippen LogP contribution in [-0.4, -0.2) is 0 Å². The number of furan rings is 2. The predicted octanol–water partition coefficient (Wildman–Crippen LogP) is 20.0. The highest BCUT2D eigenvalue weighted by molar-refractivity contribution is 7.26. The maximum absolute atomic E-state index is 6.90. The maximum Gasteiger partial charge on any atom is 0.143 e. The Balaban J connectivity index is 0.988. The van der Waals surface area contributed by atoms with Gasteiger partial charge in [-0.15, -0.1) is 22.7 Å². The highest BCUT2D eigenvalue weighted by Crippen LogP contribution is 2.52. The lowest BCUT2D eigenvalue weighted by Crippen LogP contribution is -2.13. The minimum absolute atomic E-state index is 0.846. The van der Waals surface area contributed by atoms with Crippen LogP contribution >= 0.6 is 22.7 Å². The van der Waals surface area contributed by atoms with Gasteiger partial charge in [-0.25, -0.2) is 0 Å². The van der Waals surface area contributed by atoms with Crippen LogP contribution in [0.5, 0.6) is 0 Å². The van der Waals surface area contributed by atoms with Crippen LogP contribution in [0.15, 0.2) is 239 Å². The molecule has 0 aliphatic carbocycles. The van der Waals surface area contributed by atoms with Crippen molar-refractivity contribution in [3.63, 3.8) is 0 Å². The van der Waals surface area contributed by atoms with Gasteiger partial charge in [-0.3, -0.25) is 0 Å². The molecule has 15 rings (SSSR count).